The molecule has 27 heavy (non-hydrogen) atoms. The van der Waals surface area contributed by atoms with Gasteiger partial charge >= 0.3 is 0 Å². The molecule has 1 saturated carbocycles. The highest BCUT2D eigenvalue weighted by Gasteiger charge is 2.39. The summed E-state index contributed by atoms with van der Waals surface area (Å²) in [6.07, 6.45) is 13.7. The predicted molar refractivity (Wildman–Crippen MR) is 112 cm³/mol. The Bertz CT molecular complexity index is 733. The maximum Gasteiger partial charge on any atom is 0.0366 e. The van der Waals surface area contributed by atoms with Crippen molar-refractivity contribution in [2.45, 2.75) is 51.0 Å². The first-order valence-electron chi connectivity index (χ1n) is 10.8. The molecule has 142 valence electrons. The van der Waals surface area contributed by atoms with Gasteiger partial charge < -0.3 is 9.80 Å². The monoisotopic (exact) mass is 361 g/mol. The first-order valence-corrected chi connectivity index (χ1v) is 10.8. The Kier molecular flexibility index (Phi) is 4.65. The lowest BCUT2D eigenvalue weighted by atomic mass is 9.70. The molecule has 3 heteroatoms. The van der Waals surface area contributed by atoms with E-state index in [1.807, 2.05) is 18.5 Å². The van der Waals surface area contributed by atoms with Gasteiger partial charge in [0.1, 0.15) is 0 Å². The number of hydrogen-bond donors (Lipinski definition) is 0. The molecule has 3 heterocycles. The summed E-state index contributed by atoms with van der Waals surface area (Å²) in [4.78, 5) is 9.62. The van der Waals surface area contributed by atoms with Crippen molar-refractivity contribution < 1.29 is 0 Å². The minimum Gasteiger partial charge on any atom is -0.371 e. The lowest BCUT2D eigenvalue weighted by molar-refractivity contribution is 0.0306. The minimum absolute atomic E-state index is 0.631. The van der Waals surface area contributed by atoms with Crippen LogP contribution in [-0.2, 0) is 0 Å². The Balaban J connectivity index is 1.18. The second kappa shape index (κ2) is 7.27. The van der Waals surface area contributed by atoms with Crippen LogP contribution in [0.3, 0.4) is 0 Å². The van der Waals surface area contributed by atoms with Gasteiger partial charge in [-0.15, -0.1) is 0 Å². The van der Waals surface area contributed by atoms with Gasteiger partial charge in [0, 0.05) is 37.2 Å². The molecule has 0 amide bonds. The molecule has 5 rings (SSSR count). The van der Waals surface area contributed by atoms with Crippen molar-refractivity contribution in [1.82, 2.24) is 9.88 Å². The van der Waals surface area contributed by atoms with E-state index in [1.54, 1.807) is 0 Å². The Labute approximate surface area is 163 Å². The van der Waals surface area contributed by atoms with Crippen molar-refractivity contribution >= 4 is 5.69 Å². The van der Waals surface area contributed by atoms with E-state index >= 15 is 0 Å². The number of pyridine rings is 1. The van der Waals surface area contributed by atoms with E-state index in [4.69, 9.17) is 0 Å². The number of likely N-dealkylation sites (tertiary alicyclic amines) is 1. The zero-order valence-electron chi connectivity index (χ0n) is 16.3. The normalized spacial score (nSPS) is 23.3. The Morgan fingerprint density at radius 2 is 1.52 bits per heavy atom. The van der Waals surface area contributed by atoms with Crippen molar-refractivity contribution in [2.75, 3.05) is 31.1 Å². The van der Waals surface area contributed by atoms with E-state index in [2.05, 4.69) is 45.1 Å². The number of aromatic nitrogens is 1. The molecule has 0 bridgehead atoms. The summed E-state index contributed by atoms with van der Waals surface area (Å²) in [5.74, 6) is 0. The molecule has 2 saturated heterocycles. The van der Waals surface area contributed by atoms with E-state index in [9.17, 15) is 0 Å². The zero-order chi connectivity index (χ0) is 18.1. The fourth-order valence-corrected chi connectivity index (χ4v) is 5.25. The smallest absolute Gasteiger partial charge is 0.0366 e. The van der Waals surface area contributed by atoms with Crippen LogP contribution in [0.15, 0.2) is 48.8 Å². The largest absolute Gasteiger partial charge is 0.371 e. The van der Waals surface area contributed by atoms with Crippen molar-refractivity contribution in [3.05, 3.63) is 48.8 Å². The number of hydrogen-bond acceptors (Lipinski definition) is 3. The van der Waals surface area contributed by atoms with Crippen LogP contribution in [0.4, 0.5) is 5.69 Å². The van der Waals surface area contributed by atoms with Crippen molar-refractivity contribution in [3.63, 3.8) is 0 Å². The summed E-state index contributed by atoms with van der Waals surface area (Å²) in [7, 11) is 0. The van der Waals surface area contributed by atoms with Crippen LogP contribution in [0, 0.1) is 5.41 Å². The van der Waals surface area contributed by atoms with Crippen LogP contribution in [0.1, 0.15) is 44.9 Å². The Hall–Kier alpha value is -1.87. The molecule has 3 aliphatic rings. The van der Waals surface area contributed by atoms with Crippen LogP contribution in [-0.4, -0.2) is 42.1 Å². The molecular weight excluding hydrogens is 330 g/mol. The lowest BCUT2D eigenvalue weighted by Gasteiger charge is -2.50. The average molecular weight is 362 g/mol. The third kappa shape index (κ3) is 3.50. The van der Waals surface area contributed by atoms with E-state index < -0.39 is 0 Å². The summed E-state index contributed by atoms with van der Waals surface area (Å²) in [6.45, 7) is 5.14. The summed E-state index contributed by atoms with van der Waals surface area (Å²) in [5, 5.41) is 0. The topological polar surface area (TPSA) is 19.4 Å². The maximum atomic E-state index is 4.23. The Morgan fingerprint density at radius 1 is 0.815 bits per heavy atom. The van der Waals surface area contributed by atoms with E-state index in [-0.39, 0.29) is 0 Å². The number of piperidine rings is 2. The molecule has 2 aliphatic heterocycles. The van der Waals surface area contributed by atoms with Crippen molar-refractivity contribution in [3.8, 4) is 11.1 Å². The summed E-state index contributed by atoms with van der Waals surface area (Å²) < 4.78 is 0. The molecule has 1 aromatic carbocycles. The Morgan fingerprint density at radius 3 is 2.11 bits per heavy atom. The highest BCUT2D eigenvalue weighted by molar-refractivity contribution is 5.65. The lowest BCUT2D eigenvalue weighted by Crippen LogP contribution is -2.50. The standard InChI is InChI=1S/C24H31N3/c1-4-22(5-1)26-15-10-24(11-16-26)12-17-27(18-13-24)23-8-6-20(7-9-23)21-3-2-14-25-19-21/h2-3,6-9,14,19,22H,1,4-5,10-13,15-18H2. The van der Waals surface area contributed by atoms with Crippen LogP contribution in [0.2, 0.25) is 0 Å². The molecular formula is C24H31N3. The number of anilines is 1. The highest BCUT2D eigenvalue weighted by atomic mass is 15.2. The fourth-order valence-electron chi connectivity index (χ4n) is 5.25. The first-order chi connectivity index (χ1) is 13.3. The SMILES string of the molecule is c1cncc(-c2ccc(N3CCC4(CC3)CCN(C3CCC3)CC4)cc2)c1. The van der Waals surface area contributed by atoms with Crippen molar-refractivity contribution in [2.24, 2.45) is 5.41 Å². The molecule has 0 unspecified atom stereocenters. The molecule has 3 nitrogen and oxygen atoms in total. The minimum atomic E-state index is 0.631. The van der Waals surface area contributed by atoms with E-state index in [0.717, 1.165) is 6.04 Å². The second-order valence-electron chi connectivity index (χ2n) is 8.90. The molecule has 1 aromatic heterocycles. The van der Waals surface area contributed by atoms with Gasteiger partial charge in [0.25, 0.3) is 0 Å². The number of nitrogens with zero attached hydrogens (tertiary/aromatic N) is 3. The summed E-state index contributed by atoms with van der Waals surface area (Å²) in [5.41, 5.74) is 4.46. The molecule has 2 aromatic rings. The number of rotatable bonds is 3. The van der Waals surface area contributed by atoms with Crippen LogP contribution >= 0.6 is 0 Å². The molecule has 1 aliphatic carbocycles. The first kappa shape index (κ1) is 17.2. The van der Waals surface area contributed by atoms with Gasteiger partial charge in [-0.3, -0.25) is 4.98 Å². The van der Waals surface area contributed by atoms with Crippen LogP contribution in [0.5, 0.6) is 0 Å². The van der Waals surface area contributed by atoms with E-state index in [1.165, 1.54) is 87.9 Å². The van der Waals surface area contributed by atoms with E-state index in [0.29, 0.717) is 5.41 Å². The van der Waals surface area contributed by atoms with Gasteiger partial charge in [-0.25, -0.2) is 0 Å². The molecule has 3 fully saturated rings. The van der Waals surface area contributed by atoms with Gasteiger partial charge in [-0.1, -0.05) is 24.6 Å². The van der Waals surface area contributed by atoms with Gasteiger partial charge in [0.05, 0.1) is 0 Å². The van der Waals surface area contributed by atoms with Crippen LogP contribution in [0.25, 0.3) is 11.1 Å². The van der Waals surface area contributed by atoms with Crippen molar-refractivity contribution in [1.29, 1.82) is 0 Å². The number of benzene rings is 1. The van der Waals surface area contributed by atoms with Gasteiger partial charge in [0.2, 0.25) is 0 Å². The quantitative estimate of drug-likeness (QED) is 0.768. The molecule has 0 radical (unpaired) electrons. The van der Waals surface area contributed by atoms with Gasteiger partial charge in [0.15, 0.2) is 0 Å². The fraction of sp³-hybridized carbons (Fsp3) is 0.542. The second-order valence-corrected chi connectivity index (χ2v) is 8.90. The molecule has 0 N–H and O–H groups in total. The third-order valence-corrected chi connectivity index (χ3v) is 7.50. The molecule has 0 atom stereocenters. The van der Waals surface area contributed by atoms with Crippen LogP contribution < -0.4 is 4.90 Å². The maximum absolute atomic E-state index is 4.23. The third-order valence-electron chi connectivity index (χ3n) is 7.50. The molecule has 1 spiro atoms. The van der Waals surface area contributed by atoms with Gasteiger partial charge in [-0.2, -0.15) is 0 Å². The van der Waals surface area contributed by atoms with Gasteiger partial charge in [-0.05, 0) is 86.4 Å². The average Bonchev–Trinajstić information content (AvgIpc) is 2.70. The summed E-state index contributed by atoms with van der Waals surface area (Å²) in [6, 6.07) is 14.1. The predicted octanol–water partition coefficient (Wildman–Crippen LogP) is 4.98. The zero-order valence-corrected chi connectivity index (χ0v) is 16.3. The highest BCUT2D eigenvalue weighted by Crippen LogP contribution is 2.43. The summed E-state index contributed by atoms with van der Waals surface area (Å²) >= 11 is 0.